The molecule has 0 amide bonds. The molecule has 0 radical (unpaired) electrons. The lowest BCUT2D eigenvalue weighted by Gasteiger charge is -2.31. The average molecular weight is 482 g/mol. The van der Waals surface area contributed by atoms with Crippen LogP contribution >= 0.6 is 0 Å². The van der Waals surface area contributed by atoms with E-state index in [1.807, 2.05) is 0 Å². The molecule has 3 aromatic rings. The van der Waals surface area contributed by atoms with Crippen molar-refractivity contribution in [3.63, 3.8) is 0 Å². The summed E-state index contributed by atoms with van der Waals surface area (Å²) in [5.41, 5.74) is 0.890. The number of aliphatic hydroxyl groups is 2. The lowest BCUT2D eigenvalue weighted by molar-refractivity contribution is 0.0206. The number of phenols is 4. The molecular weight excluding hydrogens is 460 g/mol. The summed E-state index contributed by atoms with van der Waals surface area (Å²) in [5.74, 6) is -2.61. The van der Waals surface area contributed by atoms with Crippen molar-refractivity contribution in [3.05, 3.63) is 64.7 Å². The number of ether oxygens (including phenoxy) is 3. The summed E-state index contributed by atoms with van der Waals surface area (Å²) in [4.78, 5) is 12.9. The van der Waals surface area contributed by atoms with E-state index in [1.54, 1.807) is 12.1 Å². The molecule has 10 nitrogen and oxygen atoms in total. The van der Waals surface area contributed by atoms with Gasteiger partial charge in [-0.1, -0.05) is 12.1 Å². The van der Waals surface area contributed by atoms with Crippen LogP contribution in [0.4, 0.5) is 0 Å². The van der Waals surface area contributed by atoms with E-state index < -0.39 is 42.4 Å². The first-order valence-corrected chi connectivity index (χ1v) is 10.7. The molecule has 0 aromatic heterocycles. The number of carbonyl (C=O) groups is 1. The number of phenolic OH excluding ortho intramolecular Hbond substituents is 4. The molecule has 0 saturated carbocycles. The minimum absolute atomic E-state index is 0.0476. The van der Waals surface area contributed by atoms with Crippen molar-refractivity contribution in [1.29, 1.82) is 0 Å². The summed E-state index contributed by atoms with van der Waals surface area (Å²) < 4.78 is 17.0. The molecule has 182 valence electrons. The van der Waals surface area contributed by atoms with Crippen LogP contribution in [0.3, 0.4) is 0 Å². The third-order valence-electron chi connectivity index (χ3n) is 6.35. The minimum Gasteiger partial charge on any atom is -0.508 e. The number of methoxy groups -OCH3 is 1. The standard InChI is InChI=1S/C25H22O10/c1-33-17-6-10(2-4-14(17)28)23-13(9-26)19-12(3-5-15(29)25(19)35-23)24-22(32)21(31)20-16(30)7-11(27)8-18(20)34-24/h2-8,13,22-24,26-30,32H,9H2,1H3/t13-,22-,23+,24-/m1/s1. The van der Waals surface area contributed by atoms with Gasteiger partial charge in [0.25, 0.3) is 0 Å². The Morgan fingerprint density at radius 1 is 0.914 bits per heavy atom. The first-order valence-electron chi connectivity index (χ1n) is 10.7. The van der Waals surface area contributed by atoms with Gasteiger partial charge in [-0.05, 0) is 23.8 Å². The third-order valence-corrected chi connectivity index (χ3v) is 6.35. The lowest BCUT2D eigenvalue weighted by atomic mass is 9.84. The van der Waals surface area contributed by atoms with Crippen LogP contribution in [0.5, 0.6) is 40.2 Å². The van der Waals surface area contributed by atoms with Crippen molar-refractivity contribution in [2.45, 2.75) is 24.2 Å². The molecule has 5 rings (SSSR count). The predicted octanol–water partition coefficient (Wildman–Crippen LogP) is 2.40. The highest BCUT2D eigenvalue weighted by Gasteiger charge is 2.45. The fraction of sp³-hybridized carbons (Fsp3) is 0.240. The van der Waals surface area contributed by atoms with E-state index in [4.69, 9.17) is 14.2 Å². The molecule has 2 aliphatic rings. The smallest absolute Gasteiger partial charge is 0.202 e. The van der Waals surface area contributed by atoms with Gasteiger partial charge in [0.05, 0.1) is 19.6 Å². The number of carbonyl (C=O) groups excluding carboxylic acids is 1. The van der Waals surface area contributed by atoms with Gasteiger partial charge in [0.1, 0.15) is 28.9 Å². The number of fused-ring (bicyclic) bond motifs is 2. The number of rotatable bonds is 4. The Morgan fingerprint density at radius 2 is 1.66 bits per heavy atom. The fourth-order valence-electron chi connectivity index (χ4n) is 4.72. The topological polar surface area (TPSA) is 166 Å². The van der Waals surface area contributed by atoms with Gasteiger partial charge in [-0.3, -0.25) is 4.79 Å². The number of hydrogen-bond acceptors (Lipinski definition) is 10. The van der Waals surface area contributed by atoms with Crippen molar-refractivity contribution in [2.75, 3.05) is 13.7 Å². The van der Waals surface area contributed by atoms with Gasteiger partial charge in [0.2, 0.25) is 5.78 Å². The van der Waals surface area contributed by atoms with E-state index in [9.17, 15) is 35.4 Å². The van der Waals surface area contributed by atoms with Crippen molar-refractivity contribution in [2.24, 2.45) is 0 Å². The number of benzene rings is 3. The molecule has 4 atom stereocenters. The molecule has 3 aromatic carbocycles. The SMILES string of the molecule is COc1cc([C@@H]2Oc3c(O)ccc([C@H]4Oc5cc(O)cc(O)c5C(=O)[C@H]4O)c3[C@H]2CO)ccc1O. The quantitative estimate of drug-likeness (QED) is 0.325. The van der Waals surface area contributed by atoms with Gasteiger partial charge < -0.3 is 44.8 Å². The maximum absolute atomic E-state index is 12.9. The monoisotopic (exact) mass is 482 g/mol. The highest BCUT2D eigenvalue weighted by molar-refractivity contribution is 6.05. The molecule has 35 heavy (non-hydrogen) atoms. The molecule has 2 heterocycles. The molecule has 0 bridgehead atoms. The molecule has 10 heteroatoms. The second kappa shape index (κ2) is 8.26. The Morgan fingerprint density at radius 3 is 2.37 bits per heavy atom. The second-order valence-electron chi connectivity index (χ2n) is 8.36. The molecular formula is C25H22O10. The maximum Gasteiger partial charge on any atom is 0.202 e. The van der Waals surface area contributed by atoms with Gasteiger partial charge in [0, 0.05) is 23.3 Å². The van der Waals surface area contributed by atoms with Gasteiger partial charge in [-0.25, -0.2) is 0 Å². The Balaban J connectivity index is 1.61. The molecule has 0 unspecified atom stereocenters. The number of Topliss-reactive ketones (excluding diaryl/α,β-unsaturated/α-hetero) is 1. The first-order chi connectivity index (χ1) is 16.7. The van der Waals surface area contributed by atoms with E-state index in [2.05, 4.69) is 0 Å². The van der Waals surface area contributed by atoms with E-state index in [0.29, 0.717) is 11.1 Å². The van der Waals surface area contributed by atoms with Gasteiger partial charge in [0.15, 0.2) is 35.2 Å². The second-order valence-corrected chi connectivity index (χ2v) is 8.36. The number of hydrogen-bond donors (Lipinski definition) is 6. The largest absolute Gasteiger partial charge is 0.508 e. The molecule has 0 saturated heterocycles. The van der Waals surface area contributed by atoms with Crippen molar-refractivity contribution < 1.29 is 49.6 Å². The summed E-state index contributed by atoms with van der Waals surface area (Å²) in [6.07, 6.45) is -3.80. The van der Waals surface area contributed by atoms with Crippen molar-refractivity contribution in [1.82, 2.24) is 0 Å². The first kappa shape index (κ1) is 22.6. The van der Waals surface area contributed by atoms with Crippen LogP contribution in [0.25, 0.3) is 0 Å². The Bertz CT molecular complexity index is 1330. The van der Waals surface area contributed by atoms with Crippen LogP contribution in [0, 0.1) is 0 Å². The highest BCUT2D eigenvalue weighted by Crippen LogP contribution is 2.54. The van der Waals surface area contributed by atoms with Gasteiger partial charge in [-0.15, -0.1) is 0 Å². The maximum atomic E-state index is 12.9. The van der Waals surface area contributed by atoms with E-state index in [-0.39, 0.29) is 45.6 Å². The molecule has 0 fully saturated rings. The third kappa shape index (κ3) is 3.46. The zero-order chi connectivity index (χ0) is 25.0. The van der Waals surface area contributed by atoms with Crippen LogP contribution in [-0.2, 0) is 0 Å². The van der Waals surface area contributed by atoms with Crippen LogP contribution in [0.15, 0.2) is 42.5 Å². The van der Waals surface area contributed by atoms with Gasteiger partial charge >= 0.3 is 0 Å². The minimum atomic E-state index is -1.72. The summed E-state index contributed by atoms with van der Waals surface area (Å²) in [5, 5.41) is 61.5. The lowest BCUT2D eigenvalue weighted by Crippen LogP contribution is -2.37. The van der Waals surface area contributed by atoms with Crippen molar-refractivity contribution in [3.8, 4) is 40.2 Å². The van der Waals surface area contributed by atoms with E-state index in [0.717, 1.165) is 12.1 Å². The van der Waals surface area contributed by atoms with Crippen LogP contribution in [0.1, 0.15) is 45.2 Å². The van der Waals surface area contributed by atoms with Crippen LogP contribution in [-0.4, -0.2) is 56.2 Å². The van der Waals surface area contributed by atoms with E-state index >= 15 is 0 Å². The number of aromatic hydroxyl groups is 4. The molecule has 6 N–H and O–H groups in total. The van der Waals surface area contributed by atoms with E-state index in [1.165, 1.54) is 25.3 Å². The zero-order valence-corrected chi connectivity index (χ0v) is 18.4. The summed E-state index contributed by atoms with van der Waals surface area (Å²) in [7, 11) is 1.39. The van der Waals surface area contributed by atoms with Crippen molar-refractivity contribution >= 4 is 5.78 Å². The summed E-state index contributed by atoms with van der Waals surface area (Å²) in [6, 6.07) is 9.44. The molecule has 2 aliphatic heterocycles. The Labute approximate surface area is 198 Å². The van der Waals surface area contributed by atoms with Crippen LogP contribution < -0.4 is 14.2 Å². The number of ketones is 1. The Hall–Kier alpha value is -4.15. The predicted molar refractivity (Wildman–Crippen MR) is 119 cm³/mol. The van der Waals surface area contributed by atoms with Gasteiger partial charge in [-0.2, -0.15) is 0 Å². The fourth-order valence-corrected chi connectivity index (χ4v) is 4.72. The molecule has 0 spiro atoms. The Kier molecular flexibility index (Phi) is 5.34. The zero-order valence-electron chi connectivity index (χ0n) is 18.4. The number of aliphatic hydroxyl groups excluding tert-OH is 2. The summed E-state index contributed by atoms with van der Waals surface area (Å²) >= 11 is 0. The molecule has 0 aliphatic carbocycles. The van der Waals surface area contributed by atoms with Crippen LogP contribution in [0.2, 0.25) is 0 Å². The normalized spacial score (nSPS) is 22.7. The summed E-state index contributed by atoms with van der Waals surface area (Å²) in [6.45, 7) is -0.424. The highest BCUT2D eigenvalue weighted by atomic mass is 16.5. The average Bonchev–Trinajstić information content (AvgIpc) is 3.22.